The number of hydrogen-bond donors (Lipinski definition) is 2. The van der Waals surface area contributed by atoms with Crippen molar-refractivity contribution < 1.29 is 19.7 Å². The number of amides is 1. The van der Waals surface area contributed by atoms with Crippen molar-refractivity contribution in [2.45, 2.75) is 125 Å². The second-order valence-electron chi connectivity index (χ2n) is 15.2. The van der Waals surface area contributed by atoms with Gasteiger partial charge in [-0.1, -0.05) is 90.4 Å². The van der Waals surface area contributed by atoms with Gasteiger partial charge in [0.05, 0.1) is 5.60 Å². The second kappa shape index (κ2) is 12.4. The molecule has 0 aromatic heterocycles. The molecule has 0 spiro atoms. The first-order chi connectivity index (χ1) is 21.3. The Labute approximate surface area is 272 Å². The van der Waals surface area contributed by atoms with Crippen LogP contribution in [0.4, 0.5) is 0 Å². The summed E-state index contributed by atoms with van der Waals surface area (Å²) in [5.41, 5.74) is 3.38. The third kappa shape index (κ3) is 5.41. The zero-order valence-electron chi connectivity index (χ0n) is 29.1. The highest BCUT2D eigenvalue weighted by atomic mass is 16.5. The number of fused-ring (bicyclic) bond motifs is 1. The van der Waals surface area contributed by atoms with Gasteiger partial charge >= 0.3 is 0 Å². The van der Waals surface area contributed by atoms with Crippen molar-refractivity contribution in [3.8, 4) is 11.5 Å². The number of likely N-dealkylation sites (tertiary alicyclic amines) is 1. The minimum atomic E-state index is -1.01. The molecule has 0 bridgehead atoms. The van der Waals surface area contributed by atoms with Crippen LogP contribution in [0.2, 0.25) is 0 Å². The number of phenols is 1. The van der Waals surface area contributed by atoms with E-state index in [1.54, 1.807) is 0 Å². The van der Waals surface area contributed by atoms with E-state index in [-0.39, 0.29) is 28.9 Å². The van der Waals surface area contributed by atoms with Crippen LogP contribution in [0.25, 0.3) is 0 Å². The van der Waals surface area contributed by atoms with Gasteiger partial charge in [-0.15, -0.1) is 0 Å². The maximum absolute atomic E-state index is 13.9. The number of benzene rings is 2. The van der Waals surface area contributed by atoms with Gasteiger partial charge in [0.1, 0.15) is 6.61 Å². The molecule has 45 heavy (non-hydrogen) atoms. The highest BCUT2D eigenvalue weighted by Crippen LogP contribution is 2.65. The Morgan fingerprint density at radius 1 is 1.09 bits per heavy atom. The van der Waals surface area contributed by atoms with Gasteiger partial charge in [-0.3, -0.25) is 4.79 Å². The lowest BCUT2D eigenvalue weighted by atomic mass is 9.44. The quantitative estimate of drug-likeness (QED) is 0.277. The molecular formula is C40H57NO4. The Hall–Kier alpha value is -2.79. The molecule has 1 heterocycles. The van der Waals surface area contributed by atoms with E-state index in [1.807, 2.05) is 41.3 Å². The fraction of sp³-hybridized carbons (Fsp3) is 0.625. The molecule has 6 atom stereocenters. The molecule has 2 aromatic carbocycles. The molecule has 2 aliphatic carbocycles. The minimum Gasteiger partial charge on any atom is -0.504 e. The summed E-state index contributed by atoms with van der Waals surface area (Å²) in [5.74, 6) is 1.12. The van der Waals surface area contributed by atoms with Crippen LogP contribution in [0.1, 0.15) is 122 Å². The Morgan fingerprint density at radius 2 is 1.76 bits per heavy atom. The molecule has 3 aliphatic rings. The Morgan fingerprint density at radius 3 is 2.38 bits per heavy atom. The smallest absolute Gasteiger partial charge is 0.228 e. The topological polar surface area (TPSA) is 70.0 Å². The molecule has 2 N–H and O–H groups in total. The van der Waals surface area contributed by atoms with Gasteiger partial charge in [-0.05, 0) is 97.9 Å². The zero-order valence-corrected chi connectivity index (χ0v) is 29.1. The molecule has 5 rings (SSSR count). The third-order valence-corrected chi connectivity index (χ3v) is 13.1. The van der Waals surface area contributed by atoms with Gasteiger partial charge < -0.3 is 19.8 Å². The molecule has 1 saturated heterocycles. The second-order valence-corrected chi connectivity index (χ2v) is 15.2. The Kier molecular flexibility index (Phi) is 9.27. The third-order valence-electron chi connectivity index (χ3n) is 13.1. The van der Waals surface area contributed by atoms with Crippen molar-refractivity contribution in [1.29, 1.82) is 0 Å². The van der Waals surface area contributed by atoms with Crippen LogP contribution < -0.4 is 4.74 Å². The number of carbonyl (C=O) groups is 1. The van der Waals surface area contributed by atoms with E-state index in [4.69, 9.17) is 4.74 Å². The fourth-order valence-corrected chi connectivity index (χ4v) is 9.62. The van der Waals surface area contributed by atoms with E-state index in [2.05, 4.69) is 61.5 Å². The maximum Gasteiger partial charge on any atom is 0.228 e. The number of carbonyl (C=O) groups excluding carboxylic acids is 1. The predicted molar refractivity (Wildman–Crippen MR) is 183 cm³/mol. The van der Waals surface area contributed by atoms with Gasteiger partial charge in [0, 0.05) is 29.8 Å². The van der Waals surface area contributed by atoms with Crippen LogP contribution in [-0.4, -0.2) is 39.7 Å². The molecule has 5 heteroatoms. The number of aliphatic hydroxyl groups is 1. The van der Waals surface area contributed by atoms with E-state index in [0.717, 1.165) is 74.7 Å². The summed E-state index contributed by atoms with van der Waals surface area (Å²) in [5, 5.41) is 24.3. The summed E-state index contributed by atoms with van der Waals surface area (Å²) >= 11 is 0. The van der Waals surface area contributed by atoms with E-state index in [0.29, 0.717) is 18.8 Å². The Balaban J connectivity index is 1.49. The van der Waals surface area contributed by atoms with Crippen LogP contribution in [0, 0.1) is 29.1 Å². The van der Waals surface area contributed by atoms with Crippen LogP contribution in [0.15, 0.2) is 48.0 Å². The highest BCUT2D eigenvalue weighted by molar-refractivity contribution is 5.83. The number of ether oxygens (including phenoxy) is 1. The molecule has 2 aromatic rings. The molecule has 5 nitrogen and oxygen atoms in total. The predicted octanol–water partition coefficient (Wildman–Crippen LogP) is 8.88. The Bertz CT molecular complexity index is 1430. The molecule has 2 fully saturated rings. The summed E-state index contributed by atoms with van der Waals surface area (Å²) in [6, 6.07) is 12.0. The molecule has 0 radical (unpaired) electrons. The number of nitrogens with zero attached hydrogens (tertiary/aromatic N) is 1. The van der Waals surface area contributed by atoms with Crippen LogP contribution in [-0.2, 0) is 17.8 Å². The summed E-state index contributed by atoms with van der Waals surface area (Å²) in [6.45, 7) is 19.9. The van der Waals surface area contributed by atoms with Crippen LogP contribution >= 0.6 is 0 Å². The highest BCUT2D eigenvalue weighted by Gasteiger charge is 2.63. The summed E-state index contributed by atoms with van der Waals surface area (Å²) < 4.78 is 6.19. The van der Waals surface area contributed by atoms with Crippen molar-refractivity contribution >= 4 is 5.91 Å². The summed E-state index contributed by atoms with van der Waals surface area (Å²) in [6.07, 6.45) is 9.16. The first-order valence-electron chi connectivity index (χ1n) is 17.5. The lowest BCUT2D eigenvalue weighted by Crippen LogP contribution is -2.64. The summed E-state index contributed by atoms with van der Waals surface area (Å²) in [7, 11) is 0. The average Bonchev–Trinajstić information content (AvgIpc) is 3.58. The number of rotatable bonds is 9. The summed E-state index contributed by atoms with van der Waals surface area (Å²) in [4.78, 5) is 16.0. The van der Waals surface area contributed by atoms with Gasteiger partial charge in [0.15, 0.2) is 11.5 Å². The monoisotopic (exact) mass is 615 g/mol. The van der Waals surface area contributed by atoms with Crippen molar-refractivity contribution in [2.75, 3.05) is 13.1 Å². The standard InChI is InChI=1S/C40H57NO4/c1-9-38(7,39(8,10-2)40(44)26-37(6,21-20-27(40)3)36(43)41-22-14-15-23-41)33-19-18-31-29(5)35(34(42)24-32(31)28(33)4)45-25-30-16-12-11-13-17-30/h11-13,16-17,19,24,27-28,42,44H,9-10,14-15,18,20-23,25-26H2,1-8H3/t27-,28-,37-,38-,39-,40+/m1/s1. The number of hydrogen-bond acceptors (Lipinski definition) is 4. The normalized spacial score (nSPS) is 29.4. The van der Waals surface area contributed by atoms with Crippen LogP contribution in [0.5, 0.6) is 11.5 Å². The number of aromatic hydroxyl groups is 1. The van der Waals surface area contributed by atoms with E-state index in [1.165, 1.54) is 11.1 Å². The van der Waals surface area contributed by atoms with Gasteiger partial charge in [-0.25, -0.2) is 0 Å². The molecule has 1 saturated carbocycles. The lowest BCUT2D eigenvalue weighted by Gasteiger charge is -2.63. The van der Waals surface area contributed by atoms with Gasteiger partial charge in [-0.2, -0.15) is 0 Å². The zero-order chi connectivity index (χ0) is 32.8. The molecule has 246 valence electrons. The fourth-order valence-electron chi connectivity index (χ4n) is 9.62. The lowest BCUT2D eigenvalue weighted by molar-refractivity contribution is -0.206. The number of phenolic OH excluding ortho intramolecular Hbond substituents is 1. The maximum atomic E-state index is 13.9. The van der Waals surface area contributed by atoms with Crippen molar-refractivity contribution in [3.63, 3.8) is 0 Å². The molecule has 1 amide bonds. The van der Waals surface area contributed by atoms with Crippen molar-refractivity contribution in [3.05, 3.63) is 70.3 Å². The molecule has 1 aliphatic heterocycles. The SMILES string of the molecule is CC[C@](C)([C@](C)(CC)C1=CCc2c(cc(O)c(OCc3ccccc3)c2C)[C@H]1C)[C@]1(O)C[C@](C)(C(=O)N2CCCC2)CC[C@H]1C. The van der Waals surface area contributed by atoms with Gasteiger partial charge in [0.25, 0.3) is 0 Å². The largest absolute Gasteiger partial charge is 0.504 e. The van der Waals surface area contributed by atoms with E-state index >= 15 is 0 Å². The minimum absolute atomic E-state index is 0.0671. The average molecular weight is 616 g/mol. The van der Waals surface area contributed by atoms with Crippen molar-refractivity contribution in [1.82, 2.24) is 4.90 Å². The van der Waals surface area contributed by atoms with E-state index < -0.39 is 16.4 Å². The first-order valence-corrected chi connectivity index (χ1v) is 17.5. The van der Waals surface area contributed by atoms with Crippen molar-refractivity contribution in [2.24, 2.45) is 22.2 Å². The molecule has 0 unspecified atom stereocenters. The van der Waals surface area contributed by atoms with Gasteiger partial charge in [0.2, 0.25) is 5.91 Å². The number of allylic oxidation sites excluding steroid dienone is 2. The van der Waals surface area contributed by atoms with E-state index in [9.17, 15) is 15.0 Å². The van der Waals surface area contributed by atoms with Crippen LogP contribution in [0.3, 0.4) is 0 Å². The molecular weight excluding hydrogens is 558 g/mol. The first kappa shape index (κ1) is 33.6.